The molecule has 1 aromatic carbocycles. The van der Waals surface area contributed by atoms with Crippen LogP contribution in [0.2, 0.25) is 10.0 Å². The number of ether oxygens (including phenoxy) is 1. The number of nitrogens with one attached hydrogen (secondary N) is 2. The van der Waals surface area contributed by atoms with E-state index in [4.69, 9.17) is 33.0 Å². The van der Waals surface area contributed by atoms with Crippen molar-refractivity contribution < 1.29 is 19.4 Å². The summed E-state index contributed by atoms with van der Waals surface area (Å²) in [6.45, 7) is 0.676. The summed E-state index contributed by atoms with van der Waals surface area (Å²) in [5, 5.41) is 14.9. The van der Waals surface area contributed by atoms with Gasteiger partial charge in [-0.2, -0.15) is 0 Å². The Morgan fingerprint density at radius 1 is 1.33 bits per heavy atom. The van der Waals surface area contributed by atoms with Gasteiger partial charge in [0.2, 0.25) is 5.91 Å². The number of para-hydroxylation sites is 1. The Hall–Kier alpha value is -1.34. The second-order valence-corrected chi connectivity index (χ2v) is 5.00. The first-order valence-electron chi connectivity index (χ1n) is 6.14. The van der Waals surface area contributed by atoms with Crippen LogP contribution in [-0.2, 0) is 14.3 Å². The number of carbonyl (C=O) groups excluding carboxylic acids is 1. The number of hydrogen-bond acceptors (Lipinski definition) is 4. The molecular formula is C13H16Cl2N2O4. The van der Waals surface area contributed by atoms with Crippen LogP contribution in [0, 0.1) is 0 Å². The molecule has 1 amide bonds. The molecule has 1 atom stereocenters. The van der Waals surface area contributed by atoms with Gasteiger partial charge in [-0.05, 0) is 12.1 Å². The lowest BCUT2D eigenvalue weighted by Gasteiger charge is -2.15. The van der Waals surface area contributed by atoms with E-state index in [0.29, 0.717) is 13.2 Å². The summed E-state index contributed by atoms with van der Waals surface area (Å²) < 4.78 is 4.81. The van der Waals surface area contributed by atoms with Gasteiger partial charge in [0, 0.05) is 13.7 Å². The van der Waals surface area contributed by atoms with Crippen LogP contribution in [0.5, 0.6) is 0 Å². The number of carboxylic acids is 1. The van der Waals surface area contributed by atoms with Crippen LogP contribution in [0.15, 0.2) is 18.2 Å². The first-order valence-corrected chi connectivity index (χ1v) is 6.90. The first kappa shape index (κ1) is 17.7. The molecule has 0 aliphatic rings. The molecule has 6 nitrogen and oxygen atoms in total. The topological polar surface area (TPSA) is 87.7 Å². The molecule has 0 aliphatic heterocycles. The van der Waals surface area contributed by atoms with Crippen molar-refractivity contribution in [1.29, 1.82) is 0 Å². The number of aliphatic carboxylic acids is 1. The molecule has 0 aromatic heterocycles. The van der Waals surface area contributed by atoms with E-state index >= 15 is 0 Å². The predicted octanol–water partition coefficient (Wildman–Crippen LogP) is 2.01. The van der Waals surface area contributed by atoms with Crippen LogP contribution in [0.1, 0.15) is 6.42 Å². The Labute approximate surface area is 132 Å². The lowest BCUT2D eigenvalue weighted by atomic mass is 10.2. The summed E-state index contributed by atoms with van der Waals surface area (Å²) >= 11 is 11.9. The van der Waals surface area contributed by atoms with E-state index in [9.17, 15) is 9.59 Å². The number of amides is 1. The van der Waals surface area contributed by atoms with E-state index < -0.39 is 17.9 Å². The molecule has 0 heterocycles. The molecule has 1 unspecified atom stereocenters. The monoisotopic (exact) mass is 334 g/mol. The standard InChI is InChI=1S/C13H16Cl2N2O4/c1-21-6-5-16-10(13(19)20)7-11(18)17-12-8(14)3-2-4-9(12)15/h2-4,10,16H,5-7H2,1H3,(H,17,18)(H,19,20). The number of carbonyl (C=O) groups is 2. The fraction of sp³-hybridized carbons (Fsp3) is 0.385. The molecule has 1 aromatic rings. The van der Waals surface area contributed by atoms with Gasteiger partial charge in [0.25, 0.3) is 0 Å². The van der Waals surface area contributed by atoms with Gasteiger partial charge in [-0.25, -0.2) is 0 Å². The zero-order valence-electron chi connectivity index (χ0n) is 11.4. The van der Waals surface area contributed by atoms with Crippen LogP contribution < -0.4 is 10.6 Å². The molecule has 116 valence electrons. The lowest BCUT2D eigenvalue weighted by molar-refractivity contribution is -0.141. The second-order valence-electron chi connectivity index (χ2n) is 4.19. The van der Waals surface area contributed by atoms with Gasteiger partial charge in [-0.15, -0.1) is 0 Å². The first-order chi connectivity index (χ1) is 9.95. The average molecular weight is 335 g/mol. The van der Waals surface area contributed by atoms with E-state index in [2.05, 4.69) is 10.6 Å². The molecule has 0 bridgehead atoms. The summed E-state index contributed by atoms with van der Waals surface area (Å²) in [4.78, 5) is 23.0. The zero-order chi connectivity index (χ0) is 15.8. The fourth-order valence-electron chi connectivity index (χ4n) is 1.58. The normalized spacial score (nSPS) is 12.0. The maximum atomic E-state index is 11.9. The van der Waals surface area contributed by atoms with Gasteiger partial charge in [0.15, 0.2) is 0 Å². The lowest BCUT2D eigenvalue weighted by Crippen LogP contribution is -2.41. The van der Waals surface area contributed by atoms with E-state index in [1.807, 2.05) is 0 Å². The molecule has 3 N–H and O–H groups in total. The van der Waals surface area contributed by atoms with Crippen molar-refractivity contribution in [3.8, 4) is 0 Å². The summed E-state index contributed by atoms with van der Waals surface area (Å²) in [5.74, 6) is -1.62. The summed E-state index contributed by atoms with van der Waals surface area (Å²) in [6, 6.07) is 3.79. The summed E-state index contributed by atoms with van der Waals surface area (Å²) in [7, 11) is 1.50. The second kappa shape index (κ2) is 8.84. The summed E-state index contributed by atoms with van der Waals surface area (Å²) in [5.41, 5.74) is 0.270. The Balaban J connectivity index is 2.63. The maximum Gasteiger partial charge on any atom is 0.321 e. The Morgan fingerprint density at radius 2 is 1.95 bits per heavy atom. The van der Waals surface area contributed by atoms with Crippen molar-refractivity contribution in [2.45, 2.75) is 12.5 Å². The minimum absolute atomic E-state index is 0.249. The Morgan fingerprint density at radius 3 is 2.48 bits per heavy atom. The fourth-order valence-corrected chi connectivity index (χ4v) is 2.07. The number of anilines is 1. The van der Waals surface area contributed by atoms with Crippen LogP contribution in [-0.4, -0.2) is 43.3 Å². The smallest absolute Gasteiger partial charge is 0.321 e. The third-order valence-corrected chi connectivity index (χ3v) is 3.24. The highest BCUT2D eigenvalue weighted by Gasteiger charge is 2.21. The van der Waals surface area contributed by atoms with Gasteiger partial charge in [0.05, 0.1) is 28.8 Å². The number of methoxy groups -OCH3 is 1. The van der Waals surface area contributed by atoms with Crippen LogP contribution >= 0.6 is 23.2 Å². The van der Waals surface area contributed by atoms with Crippen molar-refractivity contribution in [2.75, 3.05) is 25.6 Å². The highest BCUT2D eigenvalue weighted by molar-refractivity contribution is 6.39. The molecule has 1 rings (SSSR count). The van der Waals surface area contributed by atoms with Crippen molar-refractivity contribution in [2.24, 2.45) is 0 Å². The summed E-state index contributed by atoms with van der Waals surface area (Å²) in [6.07, 6.45) is -0.249. The van der Waals surface area contributed by atoms with Gasteiger partial charge in [-0.1, -0.05) is 29.3 Å². The molecule has 0 spiro atoms. The number of hydrogen-bond donors (Lipinski definition) is 3. The Bertz CT molecular complexity index is 491. The maximum absolute atomic E-state index is 11.9. The van der Waals surface area contributed by atoms with Gasteiger partial charge in [0.1, 0.15) is 6.04 Å². The largest absolute Gasteiger partial charge is 0.480 e. The molecule has 0 aliphatic carbocycles. The highest BCUT2D eigenvalue weighted by Crippen LogP contribution is 2.29. The van der Waals surface area contributed by atoms with E-state index in [-0.39, 0.29) is 22.2 Å². The highest BCUT2D eigenvalue weighted by atomic mass is 35.5. The minimum atomic E-state index is -1.12. The van der Waals surface area contributed by atoms with Crippen molar-refractivity contribution in [1.82, 2.24) is 5.32 Å². The third-order valence-electron chi connectivity index (χ3n) is 2.61. The van der Waals surface area contributed by atoms with Gasteiger partial charge >= 0.3 is 5.97 Å². The Kier molecular flexibility index (Phi) is 7.45. The third kappa shape index (κ3) is 5.89. The zero-order valence-corrected chi connectivity index (χ0v) is 12.9. The predicted molar refractivity (Wildman–Crippen MR) is 81.0 cm³/mol. The number of benzene rings is 1. The van der Waals surface area contributed by atoms with Gasteiger partial charge < -0.3 is 20.5 Å². The number of carboxylic acid groups (broad SMARTS) is 1. The van der Waals surface area contributed by atoms with Crippen LogP contribution in [0.4, 0.5) is 5.69 Å². The molecule has 8 heteroatoms. The molecule has 0 fully saturated rings. The van der Waals surface area contributed by atoms with Crippen LogP contribution in [0.25, 0.3) is 0 Å². The van der Waals surface area contributed by atoms with E-state index in [0.717, 1.165) is 0 Å². The molecule has 0 saturated carbocycles. The number of halogens is 2. The molecule has 21 heavy (non-hydrogen) atoms. The van der Waals surface area contributed by atoms with E-state index in [1.54, 1.807) is 18.2 Å². The van der Waals surface area contributed by atoms with Crippen LogP contribution in [0.3, 0.4) is 0 Å². The minimum Gasteiger partial charge on any atom is -0.480 e. The molecular weight excluding hydrogens is 319 g/mol. The van der Waals surface area contributed by atoms with Crippen molar-refractivity contribution in [3.05, 3.63) is 28.2 Å². The SMILES string of the molecule is COCCNC(CC(=O)Nc1c(Cl)cccc1Cl)C(=O)O. The molecule has 0 radical (unpaired) electrons. The average Bonchev–Trinajstić information content (AvgIpc) is 2.42. The number of rotatable bonds is 8. The van der Waals surface area contributed by atoms with Crippen molar-refractivity contribution >= 4 is 40.8 Å². The quantitative estimate of drug-likeness (QED) is 0.633. The molecule has 0 saturated heterocycles. The van der Waals surface area contributed by atoms with Crippen molar-refractivity contribution in [3.63, 3.8) is 0 Å². The van der Waals surface area contributed by atoms with E-state index in [1.165, 1.54) is 7.11 Å². The van der Waals surface area contributed by atoms with Gasteiger partial charge in [-0.3, -0.25) is 9.59 Å².